The Kier molecular flexibility index (Phi) is 5.78. The zero-order chi connectivity index (χ0) is 18.5. The van der Waals surface area contributed by atoms with Gasteiger partial charge in [-0.05, 0) is 31.0 Å². The van der Waals surface area contributed by atoms with Crippen LogP contribution >= 0.6 is 0 Å². The molecule has 2 N–H and O–H groups in total. The fourth-order valence-electron chi connectivity index (χ4n) is 3.18. The van der Waals surface area contributed by atoms with Crippen LogP contribution in [-0.4, -0.2) is 35.9 Å². The third kappa shape index (κ3) is 3.99. The second-order valence-corrected chi connectivity index (χ2v) is 6.29. The van der Waals surface area contributed by atoms with Crippen molar-refractivity contribution in [2.24, 2.45) is 7.05 Å². The number of nitrogens with zero attached hydrogens (tertiary/aromatic N) is 2. The largest absolute Gasteiger partial charge is 0.493 e. The number of fused-ring (bicyclic) bond motifs is 1. The normalized spacial score (nSPS) is 13.2. The van der Waals surface area contributed by atoms with E-state index in [4.69, 9.17) is 9.47 Å². The summed E-state index contributed by atoms with van der Waals surface area (Å²) in [5.41, 5.74) is 3.20. The molecule has 140 valence electrons. The summed E-state index contributed by atoms with van der Waals surface area (Å²) in [6, 6.07) is 5.78. The van der Waals surface area contributed by atoms with Crippen molar-refractivity contribution in [3.05, 3.63) is 35.0 Å². The lowest BCUT2D eigenvalue weighted by Gasteiger charge is -2.14. The van der Waals surface area contributed by atoms with E-state index in [-0.39, 0.29) is 5.91 Å². The van der Waals surface area contributed by atoms with Gasteiger partial charge in [-0.15, -0.1) is 0 Å². The number of methoxy groups -OCH3 is 1. The van der Waals surface area contributed by atoms with Gasteiger partial charge in [-0.2, -0.15) is 5.10 Å². The maximum atomic E-state index is 12.4. The fraction of sp³-hybridized carbons (Fsp3) is 0.474. The van der Waals surface area contributed by atoms with Crippen LogP contribution in [0.4, 0.5) is 5.82 Å². The molecular formula is C19H26N4O3. The highest BCUT2D eigenvalue weighted by Crippen LogP contribution is 2.28. The smallest absolute Gasteiger partial charge is 0.225 e. The minimum absolute atomic E-state index is 0.0192. The van der Waals surface area contributed by atoms with Crippen molar-refractivity contribution in [2.75, 3.05) is 25.6 Å². The summed E-state index contributed by atoms with van der Waals surface area (Å²) < 4.78 is 12.6. The van der Waals surface area contributed by atoms with E-state index in [1.54, 1.807) is 11.8 Å². The van der Waals surface area contributed by atoms with Gasteiger partial charge < -0.3 is 20.1 Å². The minimum Gasteiger partial charge on any atom is -0.493 e. The molecule has 3 rings (SSSR count). The number of hydrogen-bond acceptors (Lipinski definition) is 5. The molecule has 1 aromatic carbocycles. The van der Waals surface area contributed by atoms with Crippen molar-refractivity contribution in [1.82, 2.24) is 15.1 Å². The molecule has 0 radical (unpaired) electrons. The molecule has 1 aromatic heterocycles. The highest BCUT2D eigenvalue weighted by molar-refractivity contribution is 5.90. The highest BCUT2D eigenvalue weighted by Gasteiger charge is 2.20. The van der Waals surface area contributed by atoms with Gasteiger partial charge in [0, 0.05) is 38.5 Å². The first-order valence-electron chi connectivity index (χ1n) is 8.97. The molecule has 0 fully saturated rings. The molecule has 1 aliphatic heterocycles. The fourth-order valence-corrected chi connectivity index (χ4v) is 3.18. The number of carbonyl (C=O) groups is 1. The van der Waals surface area contributed by atoms with Gasteiger partial charge in [0.05, 0.1) is 19.4 Å². The van der Waals surface area contributed by atoms with Crippen molar-refractivity contribution >= 4 is 11.7 Å². The van der Waals surface area contributed by atoms with Crippen molar-refractivity contribution in [3.8, 4) is 11.5 Å². The number of carbonyl (C=O) groups excluding carboxylic acids is 1. The van der Waals surface area contributed by atoms with E-state index in [0.717, 1.165) is 47.9 Å². The Morgan fingerprint density at radius 1 is 1.38 bits per heavy atom. The van der Waals surface area contributed by atoms with E-state index in [2.05, 4.69) is 15.7 Å². The number of ether oxygens (including phenoxy) is 2. The van der Waals surface area contributed by atoms with Crippen LogP contribution in [-0.2, 0) is 31.2 Å². The van der Waals surface area contributed by atoms with Gasteiger partial charge in [-0.3, -0.25) is 9.48 Å². The summed E-state index contributed by atoms with van der Waals surface area (Å²) in [7, 11) is 3.49. The third-order valence-electron chi connectivity index (χ3n) is 4.50. The number of aromatic nitrogens is 2. The van der Waals surface area contributed by atoms with E-state index < -0.39 is 0 Å². The van der Waals surface area contributed by atoms with E-state index in [0.29, 0.717) is 25.2 Å². The van der Waals surface area contributed by atoms with Crippen LogP contribution in [0.25, 0.3) is 0 Å². The zero-order valence-corrected chi connectivity index (χ0v) is 15.6. The Hall–Kier alpha value is -2.54. The lowest BCUT2D eigenvalue weighted by molar-refractivity contribution is -0.116. The Bertz CT molecular complexity index is 785. The molecule has 0 aliphatic carbocycles. The Labute approximate surface area is 153 Å². The quantitative estimate of drug-likeness (QED) is 0.792. The molecule has 0 saturated carbocycles. The van der Waals surface area contributed by atoms with E-state index in [1.165, 1.54) is 0 Å². The zero-order valence-electron chi connectivity index (χ0n) is 15.6. The van der Waals surface area contributed by atoms with Gasteiger partial charge >= 0.3 is 0 Å². The summed E-state index contributed by atoms with van der Waals surface area (Å²) in [5.74, 6) is 2.18. The number of aryl methyl sites for hydroxylation is 2. The Morgan fingerprint density at radius 3 is 3.00 bits per heavy atom. The topological polar surface area (TPSA) is 77.4 Å². The van der Waals surface area contributed by atoms with Crippen LogP contribution in [0.3, 0.4) is 0 Å². The van der Waals surface area contributed by atoms with Gasteiger partial charge in [-0.1, -0.05) is 6.07 Å². The van der Waals surface area contributed by atoms with Crippen LogP contribution in [0.5, 0.6) is 11.5 Å². The summed E-state index contributed by atoms with van der Waals surface area (Å²) in [6.45, 7) is 4.19. The van der Waals surface area contributed by atoms with Crippen molar-refractivity contribution in [2.45, 2.75) is 32.7 Å². The summed E-state index contributed by atoms with van der Waals surface area (Å²) in [6.07, 6.45) is 1.92. The van der Waals surface area contributed by atoms with Crippen LogP contribution in [0, 0.1) is 0 Å². The highest BCUT2D eigenvalue weighted by atomic mass is 16.5. The molecule has 2 aromatic rings. The van der Waals surface area contributed by atoms with Crippen LogP contribution in [0.2, 0.25) is 0 Å². The first-order chi connectivity index (χ1) is 12.6. The first kappa shape index (κ1) is 18.3. The second kappa shape index (κ2) is 8.23. The Balaban J connectivity index is 1.62. The molecular weight excluding hydrogens is 332 g/mol. The van der Waals surface area contributed by atoms with Gasteiger partial charge in [0.2, 0.25) is 5.91 Å². The Morgan fingerprint density at radius 2 is 2.23 bits per heavy atom. The molecule has 7 heteroatoms. The molecule has 1 amide bonds. The first-order valence-corrected chi connectivity index (χ1v) is 8.97. The SMILES string of the molecule is CCOc1ccc(CCC(=O)Nc2c3c(nn2C)CCNC3)cc1OC. The lowest BCUT2D eigenvalue weighted by atomic mass is 10.1. The molecule has 1 aliphatic rings. The average molecular weight is 358 g/mol. The summed E-state index contributed by atoms with van der Waals surface area (Å²) >= 11 is 0. The van der Waals surface area contributed by atoms with Gasteiger partial charge in [0.25, 0.3) is 0 Å². The van der Waals surface area contributed by atoms with Crippen molar-refractivity contribution in [3.63, 3.8) is 0 Å². The number of anilines is 1. The molecule has 0 saturated heterocycles. The number of nitrogens with one attached hydrogen (secondary N) is 2. The van der Waals surface area contributed by atoms with Gasteiger partial charge in [-0.25, -0.2) is 0 Å². The number of rotatable bonds is 7. The maximum absolute atomic E-state index is 12.4. The molecule has 0 spiro atoms. The van der Waals surface area contributed by atoms with E-state index in [9.17, 15) is 4.79 Å². The van der Waals surface area contributed by atoms with Crippen molar-refractivity contribution < 1.29 is 14.3 Å². The number of hydrogen-bond donors (Lipinski definition) is 2. The average Bonchev–Trinajstić information content (AvgIpc) is 2.96. The van der Waals surface area contributed by atoms with Gasteiger partial charge in [0.15, 0.2) is 11.5 Å². The summed E-state index contributed by atoms with van der Waals surface area (Å²) in [5, 5.41) is 10.8. The predicted octanol–water partition coefficient (Wildman–Crippen LogP) is 2.04. The standard InChI is InChI=1S/C19H26N4O3/c1-4-26-16-7-5-13(11-17(16)25-3)6-8-18(24)21-19-14-12-20-10-9-15(14)22-23(19)2/h5,7,11,20H,4,6,8-10,12H2,1-3H3,(H,21,24). The van der Waals surface area contributed by atoms with E-state index in [1.807, 2.05) is 32.2 Å². The second-order valence-electron chi connectivity index (χ2n) is 6.29. The predicted molar refractivity (Wildman–Crippen MR) is 99.7 cm³/mol. The van der Waals surface area contributed by atoms with Crippen molar-refractivity contribution in [1.29, 1.82) is 0 Å². The molecule has 2 heterocycles. The molecule has 0 bridgehead atoms. The number of benzene rings is 1. The molecule has 0 atom stereocenters. The third-order valence-corrected chi connectivity index (χ3v) is 4.50. The minimum atomic E-state index is -0.0192. The van der Waals surface area contributed by atoms with Crippen LogP contribution in [0.15, 0.2) is 18.2 Å². The number of amides is 1. The molecule has 7 nitrogen and oxygen atoms in total. The van der Waals surface area contributed by atoms with E-state index >= 15 is 0 Å². The van der Waals surface area contributed by atoms with Gasteiger partial charge in [0.1, 0.15) is 5.82 Å². The van der Waals surface area contributed by atoms with Crippen LogP contribution in [0.1, 0.15) is 30.2 Å². The molecule has 26 heavy (non-hydrogen) atoms. The lowest BCUT2D eigenvalue weighted by Crippen LogP contribution is -2.24. The van der Waals surface area contributed by atoms with Crippen LogP contribution < -0.4 is 20.1 Å². The molecule has 0 unspecified atom stereocenters. The maximum Gasteiger partial charge on any atom is 0.225 e. The monoisotopic (exact) mass is 358 g/mol. The summed E-state index contributed by atoms with van der Waals surface area (Å²) in [4.78, 5) is 12.4.